The third-order valence-electron chi connectivity index (χ3n) is 7.15. The number of hydrogen-bond acceptors (Lipinski definition) is 4. The molecule has 0 amide bonds. The van der Waals surface area contributed by atoms with Crippen molar-refractivity contribution < 1.29 is 12.8 Å². The molecule has 7 aromatic rings. The largest absolute Gasteiger partial charge is 0.456 e. The van der Waals surface area contributed by atoms with Gasteiger partial charge < -0.3 is 4.42 Å². The van der Waals surface area contributed by atoms with E-state index < -0.39 is 10.0 Å². The molecule has 1 aliphatic heterocycles. The van der Waals surface area contributed by atoms with Crippen LogP contribution in [0.1, 0.15) is 0 Å². The molecule has 5 aromatic carbocycles. The van der Waals surface area contributed by atoms with Crippen LogP contribution in [0.2, 0.25) is 0 Å². The molecule has 0 atom stereocenters. The predicted molar refractivity (Wildman–Crippen MR) is 150 cm³/mol. The first-order valence-electron chi connectivity index (χ1n) is 12.2. The maximum atomic E-state index is 14.3. The summed E-state index contributed by atoms with van der Waals surface area (Å²) in [5.41, 5.74) is 5.95. The van der Waals surface area contributed by atoms with E-state index in [0.717, 1.165) is 44.1 Å². The van der Waals surface area contributed by atoms with Crippen LogP contribution in [0.4, 0.5) is 11.6 Å². The fraction of sp³-hybridized carbons (Fsp3) is 0. The van der Waals surface area contributed by atoms with E-state index in [9.17, 15) is 8.42 Å². The fourth-order valence-electron chi connectivity index (χ4n) is 5.50. The number of rotatable bonds is 2. The van der Waals surface area contributed by atoms with E-state index in [1.54, 1.807) is 18.2 Å². The molecule has 8 rings (SSSR count). The lowest BCUT2D eigenvalue weighted by atomic mass is 9.99. The number of anilines is 2. The highest BCUT2D eigenvalue weighted by atomic mass is 32.2. The Morgan fingerprint density at radius 2 is 1.47 bits per heavy atom. The van der Waals surface area contributed by atoms with Gasteiger partial charge in [0.2, 0.25) is 5.95 Å². The van der Waals surface area contributed by atoms with Gasteiger partial charge in [0.25, 0.3) is 10.0 Å². The van der Waals surface area contributed by atoms with E-state index in [-0.39, 0.29) is 4.90 Å². The number of benzene rings is 5. The van der Waals surface area contributed by atoms with Crippen molar-refractivity contribution in [2.45, 2.75) is 4.90 Å². The van der Waals surface area contributed by atoms with Crippen LogP contribution < -0.4 is 4.31 Å². The quantitative estimate of drug-likeness (QED) is 0.241. The smallest absolute Gasteiger partial charge is 0.273 e. The van der Waals surface area contributed by atoms with E-state index in [1.807, 2.05) is 102 Å². The molecule has 182 valence electrons. The van der Waals surface area contributed by atoms with Crippen LogP contribution in [-0.2, 0) is 10.0 Å². The standard InChI is InChI=1S/C31H19N3O3S/c35-38(36)29-19-20(22-12-8-16-28-30(22)23-11-4-7-15-27(23)37-28)17-18-26(29)33-25-14-6-5-13-24(25)32-31(33)34(38)21-9-2-1-3-10-21/h1-19H. The molecule has 0 fully saturated rings. The van der Waals surface area contributed by atoms with Gasteiger partial charge in [-0.3, -0.25) is 4.57 Å². The highest BCUT2D eigenvalue weighted by molar-refractivity contribution is 7.93. The van der Waals surface area contributed by atoms with Crippen molar-refractivity contribution in [3.8, 4) is 16.8 Å². The number of hydrogen-bond donors (Lipinski definition) is 0. The van der Waals surface area contributed by atoms with E-state index in [0.29, 0.717) is 17.3 Å². The summed E-state index contributed by atoms with van der Waals surface area (Å²) in [6, 6.07) is 36.2. The normalized spacial score (nSPS) is 14.2. The first-order valence-corrected chi connectivity index (χ1v) is 13.7. The van der Waals surface area contributed by atoms with Crippen molar-refractivity contribution >= 4 is 54.6 Å². The van der Waals surface area contributed by atoms with Crippen LogP contribution in [0.15, 0.2) is 125 Å². The number of para-hydroxylation sites is 4. The van der Waals surface area contributed by atoms with Crippen LogP contribution in [0.25, 0.3) is 49.8 Å². The van der Waals surface area contributed by atoms with Gasteiger partial charge >= 0.3 is 0 Å². The average Bonchev–Trinajstić information content (AvgIpc) is 3.52. The van der Waals surface area contributed by atoms with Crippen molar-refractivity contribution in [1.82, 2.24) is 9.55 Å². The van der Waals surface area contributed by atoms with E-state index in [1.165, 1.54) is 4.31 Å². The average molecular weight is 514 g/mol. The van der Waals surface area contributed by atoms with Crippen LogP contribution in [-0.4, -0.2) is 18.0 Å². The molecule has 0 aliphatic carbocycles. The molecule has 0 spiro atoms. The van der Waals surface area contributed by atoms with Crippen molar-refractivity contribution in [1.29, 1.82) is 0 Å². The van der Waals surface area contributed by atoms with Gasteiger partial charge in [-0.2, -0.15) is 0 Å². The van der Waals surface area contributed by atoms with Gasteiger partial charge in [0, 0.05) is 10.8 Å². The molecule has 2 aromatic heterocycles. The second kappa shape index (κ2) is 7.57. The molecule has 0 saturated heterocycles. The molecule has 0 unspecified atom stereocenters. The molecule has 6 nitrogen and oxygen atoms in total. The minimum absolute atomic E-state index is 0.222. The van der Waals surface area contributed by atoms with Crippen molar-refractivity contribution in [3.63, 3.8) is 0 Å². The molecule has 3 heterocycles. The number of furan rings is 1. The van der Waals surface area contributed by atoms with E-state index in [2.05, 4.69) is 0 Å². The van der Waals surface area contributed by atoms with Gasteiger partial charge in [0.1, 0.15) is 16.1 Å². The second-order valence-electron chi connectivity index (χ2n) is 9.30. The summed E-state index contributed by atoms with van der Waals surface area (Å²) < 4.78 is 38.0. The lowest BCUT2D eigenvalue weighted by Gasteiger charge is -2.30. The molecule has 0 bridgehead atoms. The molecule has 38 heavy (non-hydrogen) atoms. The lowest BCUT2D eigenvalue weighted by molar-refractivity contribution is 0.592. The van der Waals surface area contributed by atoms with Gasteiger partial charge in [-0.25, -0.2) is 17.7 Å². The van der Waals surface area contributed by atoms with Crippen molar-refractivity contribution in [2.75, 3.05) is 4.31 Å². The summed E-state index contributed by atoms with van der Waals surface area (Å²) in [6.45, 7) is 0. The minimum Gasteiger partial charge on any atom is -0.456 e. The van der Waals surface area contributed by atoms with Crippen LogP contribution in [0.5, 0.6) is 0 Å². The Morgan fingerprint density at radius 3 is 2.37 bits per heavy atom. The maximum Gasteiger partial charge on any atom is 0.273 e. The Balaban J connectivity index is 1.44. The molecule has 0 radical (unpaired) electrons. The Hall–Kier alpha value is -4.88. The summed E-state index contributed by atoms with van der Waals surface area (Å²) in [4.78, 5) is 4.97. The van der Waals surface area contributed by atoms with Crippen LogP contribution in [0, 0.1) is 0 Å². The highest BCUT2D eigenvalue weighted by Gasteiger charge is 2.39. The minimum atomic E-state index is -3.98. The summed E-state index contributed by atoms with van der Waals surface area (Å²) in [6.07, 6.45) is 0. The van der Waals surface area contributed by atoms with Gasteiger partial charge in [-0.05, 0) is 59.7 Å². The van der Waals surface area contributed by atoms with Crippen molar-refractivity contribution in [3.05, 3.63) is 115 Å². The van der Waals surface area contributed by atoms with Crippen LogP contribution >= 0.6 is 0 Å². The highest BCUT2D eigenvalue weighted by Crippen LogP contribution is 2.45. The van der Waals surface area contributed by atoms with Gasteiger partial charge in [-0.15, -0.1) is 0 Å². The summed E-state index contributed by atoms with van der Waals surface area (Å²) in [5, 5.41) is 1.96. The van der Waals surface area contributed by atoms with Crippen LogP contribution in [0.3, 0.4) is 0 Å². The Kier molecular flexibility index (Phi) is 4.23. The molecular weight excluding hydrogens is 494 g/mol. The zero-order chi connectivity index (χ0) is 25.4. The van der Waals surface area contributed by atoms with E-state index >= 15 is 0 Å². The second-order valence-corrected chi connectivity index (χ2v) is 11.1. The first-order chi connectivity index (χ1) is 18.6. The van der Waals surface area contributed by atoms with Crippen molar-refractivity contribution in [2.24, 2.45) is 0 Å². The maximum absolute atomic E-state index is 14.3. The fourth-order valence-corrected chi connectivity index (χ4v) is 7.13. The number of aromatic nitrogens is 2. The molecule has 1 aliphatic rings. The molecule has 7 heteroatoms. The van der Waals surface area contributed by atoms with E-state index in [4.69, 9.17) is 9.40 Å². The van der Waals surface area contributed by atoms with Gasteiger partial charge in [-0.1, -0.05) is 66.7 Å². The molecule has 0 N–H and O–H groups in total. The summed E-state index contributed by atoms with van der Waals surface area (Å²) >= 11 is 0. The van der Waals surface area contributed by atoms with Gasteiger partial charge in [0.15, 0.2) is 0 Å². The molecule has 0 saturated carbocycles. The lowest BCUT2D eigenvalue weighted by Crippen LogP contribution is -2.33. The number of sulfonamides is 1. The SMILES string of the molecule is O=S1(=O)c2cc(-c3cccc4oc5ccccc5c34)ccc2-n2c(nc3ccccc32)N1c1ccccc1. The summed E-state index contributed by atoms with van der Waals surface area (Å²) in [5.74, 6) is 0.348. The Bertz CT molecular complexity index is 2160. The zero-order valence-electron chi connectivity index (χ0n) is 19.9. The zero-order valence-corrected chi connectivity index (χ0v) is 20.8. The van der Waals surface area contributed by atoms with Gasteiger partial charge in [0.05, 0.1) is 22.4 Å². The summed E-state index contributed by atoms with van der Waals surface area (Å²) in [7, 11) is -3.98. The Morgan fingerprint density at radius 1 is 0.711 bits per heavy atom. The number of nitrogens with zero attached hydrogens (tertiary/aromatic N) is 3. The molecular formula is C31H19N3O3S. The Labute approximate surface area is 218 Å². The first kappa shape index (κ1) is 21.2. The third-order valence-corrected chi connectivity index (χ3v) is 8.89. The third kappa shape index (κ3) is 2.82. The topological polar surface area (TPSA) is 68.3 Å². The monoisotopic (exact) mass is 513 g/mol. The number of fused-ring (bicyclic) bond motifs is 8. The number of imidazole rings is 1. The predicted octanol–water partition coefficient (Wildman–Crippen LogP) is 7.43.